The lowest BCUT2D eigenvalue weighted by Crippen LogP contribution is -2.14. The molecule has 25 heavy (non-hydrogen) atoms. The second kappa shape index (κ2) is 7.91. The summed E-state index contributed by atoms with van der Waals surface area (Å²) in [7, 11) is -3.78. The molecule has 1 heterocycles. The molecule has 2 aromatic carbocycles. The standard InChI is InChI=1S/C18H15ClN2O2S2/c19-15-9-4-5-10-16(15)25(22,23)21-17-11-6-12-18(20-17)24-13-14-7-2-1-3-8-14/h1-12H,13H2,(H,20,21). The maximum atomic E-state index is 12.5. The van der Waals surface area contributed by atoms with Crippen molar-refractivity contribution >= 4 is 39.2 Å². The maximum Gasteiger partial charge on any atom is 0.264 e. The van der Waals surface area contributed by atoms with E-state index in [2.05, 4.69) is 9.71 Å². The smallest absolute Gasteiger partial charge is 0.263 e. The van der Waals surface area contributed by atoms with Gasteiger partial charge < -0.3 is 0 Å². The van der Waals surface area contributed by atoms with E-state index in [4.69, 9.17) is 11.6 Å². The Morgan fingerprint density at radius 2 is 1.64 bits per heavy atom. The molecule has 128 valence electrons. The van der Waals surface area contributed by atoms with Crippen LogP contribution in [0.1, 0.15) is 5.56 Å². The van der Waals surface area contributed by atoms with Crippen LogP contribution in [0, 0.1) is 0 Å². The molecule has 3 rings (SSSR count). The Morgan fingerprint density at radius 3 is 2.40 bits per heavy atom. The molecular formula is C18H15ClN2O2S2. The van der Waals surface area contributed by atoms with Gasteiger partial charge in [-0.3, -0.25) is 4.72 Å². The van der Waals surface area contributed by atoms with Crippen LogP contribution in [0.25, 0.3) is 0 Å². The average molecular weight is 391 g/mol. The van der Waals surface area contributed by atoms with Crippen molar-refractivity contribution in [2.75, 3.05) is 4.72 Å². The molecule has 0 amide bonds. The van der Waals surface area contributed by atoms with E-state index in [1.807, 2.05) is 36.4 Å². The van der Waals surface area contributed by atoms with Gasteiger partial charge in [0.15, 0.2) is 0 Å². The van der Waals surface area contributed by atoms with Crippen LogP contribution in [0.15, 0.2) is 82.7 Å². The molecule has 0 saturated heterocycles. The number of nitrogens with zero attached hydrogens (tertiary/aromatic N) is 1. The molecular weight excluding hydrogens is 376 g/mol. The summed E-state index contributed by atoms with van der Waals surface area (Å²) in [6, 6.07) is 21.5. The number of halogens is 1. The lowest BCUT2D eigenvalue weighted by atomic mass is 10.2. The van der Waals surface area contributed by atoms with Crippen molar-refractivity contribution in [3.8, 4) is 0 Å². The normalized spacial score (nSPS) is 11.2. The summed E-state index contributed by atoms with van der Waals surface area (Å²) in [5, 5.41) is 0.910. The summed E-state index contributed by atoms with van der Waals surface area (Å²) in [5.74, 6) is 1.02. The molecule has 1 aromatic heterocycles. The molecule has 1 N–H and O–H groups in total. The summed E-state index contributed by atoms with van der Waals surface area (Å²) in [5.41, 5.74) is 1.18. The Labute approximate surface area is 156 Å². The second-order valence-electron chi connectivity index (χ2n) is 5.17. The molecule has 0 fully saturated rings. The highest BCUT2D eigenvalue weighted by molar-refractivity contribution is 7.98. The number of sulfonamides is 1. The van der Waals surface area contributed by atoms with Crippen molar-refractivity contribution in [2.45, 2.75) is 15.7 Å². The molecule has 0 unspecified atom stereocenters. The number of anilines is 1. The van der Waals surface area contributed by atoms with E-state index in [-0.39, 0.29) is 15.7 Å². The largest absolute Gasteiger partial charge is 0.264 e. The zero-order chi connectivity index (χ0) is 17.7. The lowest BCUT2D eigenvalue weighted by Gasteiger charge is -2.09. The van der Waals surface area contributed by atoms with Gasteiger partial charge in [-0.2, -0.15) is 0 Å². The Balaban J connectivity index is 1.74. The van der Waals surface area contributed by atoms with Gasteiger partial charge in [0.2, 0.25) is 0 Å². The van der Waals surface area contributed by atoms with Crippen molar-refractivity contribution in [3.63, 3.8) is 0 Å². The molecule has 0 saturated carbocycles. The Bertz CT molecular complexity index is 964. The quantitative estimate of drug-likeness (QED) is 0.612. The topological polar surface area (TPSA) is 59.1 Å². The molecule has 0 aliphatic carbocycles. The molecule has 4 nitrogen and oxygen atoms in total. The number of thioether (sulfide) groups is 1. The predicted octanol–water partition coefficient (Wildman–Crippen LogP) is 4.83. The van der Waals surface area contributed by atoms with Gasteiger partial charge in [0.25, 0.3) is 10.0 Å². The highest BCUT2D eigenvalue weighted by Crippen LogP contribution is 2.25. The van der Waals surface area contributed by atoms with Crippen LogP contribution < -0.4 is 4.72 Å². The summed E-state index contributed by atoms with van der Waals surface area (Å²) < 4.78 is 27.4. The Morgan fingerprint density at radius 1 is 0.920 bits per heavy atom. The molecule has 0 atom stereocenters. The summed E-state index contributed by atoms with van der Waals surface area (Å²) in [4.78, 5) is 4.39. The number of benzene rings is 2. The van der Waals surface area contributed by atoms with Crippen molar-refractivity contribution in [1.82, 2.24) is 4.98 Å². The van der Waals surface area contributed by atoms with E-state index in [1.54, 1.807) is 36.0 Å². The van der Waals surface area contributed by atoms with Crippen molar-refractivity contribution < 1.29 is 8.42 Å². The first-order valence-corrected chi connectivity index (χ1v) is 10.3. The summed E-state index contributed by atoms with van der Waals surface area (Å²) in [6.07, 6.45) is 0. The summed E-state index contributed by atoms with van der Waals surface area (Å²) in [6.45, 7) is 0. The molecule has 0 aliphatic heterocycles. The number of aromatic nitrogens is 1. The molecule has 0 bridgehead atoms. The third-order valence-electron chi connectivity index (χ3n) is 3.32. The minimum absolute atomic E-state index is 0.0285. The third kappa shape index (κ3) is 4.75. The van der Waals surface area contributed by atoms with Gasteiger partial charge >= 0.3 is 0 Å². The maximum absolute atomic E-state index is 12.5. The lowest BCUT2D eigenvalue weighted by molar-refractivity contribution is 0.601. The molecule has 0 spiro atoms. The number of hydrogen-bond donors (Lipinski definition) is 1. The third-order valence-corrected chi connectivity index (χ3v) is 6.17. The van der Waals surface area contributed by atoms with Gasteiger partial charge in [0, 0.05) is 5.75 Å². The van der Waals surface area contributed by atoms with Crippen molar-refractivity contribution in [1.29, 1.82) is 0 Å². The van der Waals surface area contributed by atoms with E-state index in [9.17, 15) is 8.42 Å². The monoisotopic (exact) mass is 390 g/mol. The Hall–Kier alpha value is -2.02. The van der Waals surface area contributed by atoms with E-state index >= 15 is 0 Å². The first-order valence-electron chi connectivity index (χ1n) is 7.46. The van der Waals surface area contributed by atoms with Crippen LogP contribution >= 0.6 is 23.4 Å². The van der Waals surface area contributed by atoms with Gasteiger partial charge in [-0.25, -0.2) is 13.4 Å². The molecule has 7 heteroatoms. The first kappa shape index (κ1) is 17.8. The second-order valence-corrected chi connectivity index (χ2v) is 8.22. The van der Waals surface area contributed by atoms with E-state index in [1.165, 1.54) is 17.7 Å². The molecule has 0 aliphatic rings. The average Bonchev–Trinajstić information content (AvgIpc) is 2.61. The van der Waals surface area contributed by atoms with Crippen LogP contribution in [0.5, 0.6) is 0 Å². The SMILES string of the molecule is O=S(=O)(Nc1cccc(SCc2ccccc2)n1)c1ccccc1Cl. The highest BCUT2D eigenvalue weighted by atomic mass is 35.5. The van der Waals surface area contributed by atoms with Gasteiger partial charge in [0.05, 0.1) is 10.0 Å². The number of rotatable bonds is 6. The van der Waals surface area contributed by atoms with Crippen LogP contribution in [0.4, 0.5) is 5.82 Å². The summed E-state index contributed by atoms with van der Waals surface area (Å²) >= 11 is 7.52. The highest BCUT2D eigenvalue weighted by Gasteiger charge is 2.18. The fourth-order valence-electron chi connectivity index (χ4n) is 2.14. The predicted molar refractivity (Wildman–Crippen MR) is 103 cm³/mol. The molecule has 0 radical (unpaired) electrons. The zero-order valence-electron chi connectivity index (χ0n) is 13.1. The minimum atomic E-state index is -3.78. The van der Waals surface area contributed by atoms with Crippen LogP contribution in [0.3, 0.4) is 0 Å². The fourth-order valence-corrected chi connectivity index (χ4v) is 4.51. The number of nitrogens with one attached hydrogen (secondary N) is 1. The number of pyridine rings is 1. The van der Waals surface area contributed by atoms with E-state index in [0.717, 1.165) is 10.8 Å². The van der Waals surface area contributed by atoms with Gasteiger partial charge in [-0.05, 0) is 29.8 Å². The van der Waals surface area contributed by atoms with Crippen LogP contribution in [-0.2, 0) is 15.8 Å². The van der Waals surface area contributed by atoms with E-state index in [0.29, 0.717) is 0 Å². The minimum Gasteiger partial charge on any atom is -0.263 e. The zero-order valence-corrected chi connectivity index (χ0v) is 15.5. The van der Waals surface area contributed by atoms with E-state index < -0.39 is 10.0 Å². The molecule has 3 aromatic rings. The first-order chi connectivity index (χ1) is 12.0. The Kier molecular flexibility index (Phi) is 5.63. The van der Waals surface area contributed by atoms with Crippen molar-refractivity contribution in [2.24, 2.45) is 0 Å². The fraction of sp³-hybridized carbons (Fsp3) is 0.0556. The van der Waals surface area contributed by atoms with Crippen LogP contribution in [-0.4, -0.2) is 13.4 Å². The number of hydrogen-bond acceptors (Lipinski definition) is 4. The van der Waals surface area contributed by atoms with Gasteiger partial charge in [-0.15, -0.1) is 11.8 Å². The van der Waals surface area contributed by atoms with Gasteiger partial charge in [0.1, 0.15) is 10.7 Å². The van der Waals surface area contributed by atoms with Crippen molar-refractivity contribution in [3.05, 3.63) is 83.4 Å². The van der Waals surface area contributed by atoms with Gasteiger partial charge in [-0.1, -0.05) is 60.1 Å². The van der Waals surface area contributed by atoms with Crippen LogP contribution in [0.2, 0.25) is 5.02 Å².